The van der Waals surface area contributed by atoms with Gasteiger partial charge in [0.2, 0.25) is 5.91 Å². The number of carbonyl (C=O) groups excluding carboxylic acids is 1. The minimum Gasteiger partial charge on any atom is -0.488 e. The van der Waals surface area contributed by atoms with E-state index in [1.807, 2.05) is 0 Å². The Labute approximate surface area is 146 Å². The van der Waals surface area contributed by atoms with Crippen molar-refractivity contribution in [3.8, 4) is 5.75 Å². The average Bonchev–Trinajstić information content (AvgIpc) is 2.99. The number of rotatable bonds is 5. The van der Waals surface area contributed by atoms with Gasteiger partial charge in [-0.3, -0.25) is 4.79 Å². The van der Waals surface area contributed by atoms with E-state index in [1.165, 1.54) is 6.42 Å². The van der Waals surface area contributed by atoms with E-state index in [0.717, 1.165) is 32.4 Å². The summed E-state index contributed by atoms with van der Waals surface area (Å²) in [6.07, 6.45) is 1.81. The van der Waals surface area contributed by atoms with Gasteiger partial charge in [0, 0.05) is 12.2 Å². The molecule has 0 radical (unpaired) electrons. The van der Waals surface area contributed by atoms with Crippen molar-refractivity contribution in [3.63, 3.8) is 0 Å². The average molecular weight is 361 g/mol. The molecule has 134 valence electrons. The first-order chi connectivity index (χ1) is 11.1. The molecule has 2 N–H and O–H groups in total. The Balaban J connectivity index is 0.00000208. The zero-order valence-electron chi connectivity index (χ0n) is 13.4. The van der Waals surface area contributed by atoms with Gasteiger partial charge in [0.15, 0.2) is 0 Å². The molecular weight excluding hydrogens is 338 g/mol. The van der Waals surface area contributed by atoms with E-state index in [0.29, 0.717) is 17.4 Å². The van der Waals surface area contributed by atoms with E-state index in [9.17, 15) is 13.6 Å². The highest BCUT2D eigenvalue weighted by Crippen LogP contribution is 2.44. The number of anilines is 1. The van der Waals surface area contributed by atoms with Crippen LogP contribution in [0.5, 0.6) is 5.75 Å². The molecule has 0 unspecified atom stereocenters. The van der Waals surface area contributed by atoms with Gasteiger partial charge in [0.25, 0.3) is 6.43 Å². The Morgan fingerprint density at radius 1 is 1.33 bits per heavy atom. The molecule has 1 aliphatic carbocycles. The lowest BCUT2D eigenvalue weighted by Gasteiger charge is -2.37. The van der Waals surface area contributed by atoms with E-state index >= 15 is 0 Å². The monoisotopic (exact) mass is 360 g/mol. The van der Waals surface area contributed by atoms with Gasteiger partial charge in [-0.2, -0.15) is 0 Å². The highest BCUT2D eigenvalue weighted by molar-refractivity contribution is 5.96. The van der Waals surface area contributed by atoms with Crippen LogP contribution in [0.3, 0.4) is 0 Å². The summed E-state index contributed by atoms with van der Waals surface area (Å²) in [6.45, 7) is 1.02. The largest absolute Gasteiger partial charge is 0.488 e. The van der Waals surface area contributed by atoms with E-state index in [-0.39, 0.29) is 23.7 Å². The first kappa shape index (κ1) is 18.9. The van der Waals surface area contributed by atoms with Crippen LogP contribution in [0, 0.1) is 11.3 Å². The molecule has 7 heteroatoms. The van der Waals surface area contributed by atoms with Crippen LogP contribution >= 0.6 is 12.4 Å². The highest BCUT2D eigenvalue weighted by Gasteiger charge is 2.49. The first-order valence-electron chi connectivity index (χ1n) is 8.13. The van der Waals surface area contributed by atoms with Crippen LogP contribution in [0.4, 0.5) is 14.5 Å². The zero-order valence-corrected chi connectivity index (χ0v) is 14.2. The summed E-state index contributed by atoms with van der Waals surface area (Å²) in [5, 5.41) is 6.34. The molecule has 1 saturated heterocycles. The molecule has 0 spiro atoms. The third-order valence-corrected chi connectivity index (χ3v) is 4.98. The van der Waals surface area contributed by atoms with Gasteiger partial charge < -0.3 is 15.4 Å². The molecule has 0 aromatic heterocycles. The molecular formula is C17H23ClF2N2O2. The van der Waals surface area contributed by atoms with Crippen LogP contribution < -0.4 is 15.4 Å². The number of carbonyl (C=O) groups is 1. The molecule has 1 aromatic carbocycles. The SMILES string of the molecule is Cl.O=C(Nc1ccc(OCC(F)F)cc1)[C@@]12CCCC[C@H]1CNC2. The van der Waals surface area contributed by atoms with Crippen molar-refractivity contribution >= 4 is 24.0 Å². The minimum atomic E-state index is -2.49. The minimum absolute atomic E-state index is 0. The molecule has 2 atom stereocenters. The molecule has 4 nitrogen and oxygen atoms in total. The van der Waals surface area contributed by atoms with Crippen LogP contribution in [0.2, 0.25) is 0 Å². The smallest absolute Gasteiger partial charge is 0.272 e. The predicted molar refractivity (Wildman–Crippen MR) is 91.1 cm³/mol. The van der Waals surface area contributed by atoms with Crippen LogP contribution in [-0.4, -0.2) is 32.0 Å². The van der Waals surface area contributed by atoms with E-state index in [2.05, 4.69) is 10.6 Å². The zero-order chi connectivity index (χ0) is 16.3. The van der Waals surface area contributed by atoms with Crippen LogP contribution in [-0.2, 0) is 4.79 Å². The van der Waals surface area contributed by atoms with E-state index < -0.39 is 13.0 Å². The first-order valence-corrected chi connectivity index (χ1v) is 8.13. The Kier molecular flexibility index (Phi) is 6.40. The fourth-order valence-corrected chi connectivity index (χ4v) is 3.74. The number of hydrogen-bond donors (Lipinski definition) is 2. The van der Waals surface area contributed by atoms with Gasteiger partial charge in [0.05, 0.1) is 5.41 Å². The van der Waals surface area contributed by atoms with Crippen molar-refractivity contribution in [2.24, 2.45) is 11.3 Å². The Morgan fingerprint density at radius 2 is 2.08 bits per heavy atom. The van der Waals surface area contributed by atoms with Gasteiger partial charge in [-0.05, 0) is 49.6 Å². The number of ether oxygens (including phenoxy) is 1. The third kappa shape index (κ3) is 3.98. The molecule has 1 heterocycles. The molecule has 3 rings (SSSR count). The van der Waals surface area contributed by atoms with Crippen molar-refractivity contribution in [2.45, 2.75) is 32.1 Å². The highest BCUT2D eigenvalue weighted by atomic mass is 35.5. The Morgan fingerprint density at radius 3 is 2.79 bits per heavy atom. The van der Waals surface area contributed by atoms with Crippen molar-refractivity contribution in [2.75, 3.05) is 25.0 Å². The number of fused-ring (bicyclic) bond motifs is 1. The van der Waals surface area contributed by atoms with E-state index in [1.54, 1.807) is 24.3 Å². The normalized spacial score (nSPS) is 25.7. The second kappa shape index (κ2) is 8.12. The van der Waals surface area contributed by atoms with Gasteiger partial charge >= 0.3 is 0 Å². The number of nitrogens with one attached hydrogen (secondary N) is 2. The van der Waals surface area contributed by atoms with Crippen LogP contribution in [0.25, 0.3) is 0 Å². The Bertz CT molecular complexity index is 556. The summed E-state index contributed by atoms with van der Waals surface area (Å²) in [6, 6.07) is 6.58. The topological polar surface area (TPSA) is 50.4 Å². The van der Waals surface area contributed by atoms with Crippen LogP contribution in [0.1, 0.15) is 25.7 Å². The summed E-state index contributed by atoms with van der Waals surface area (Å²) in [7, 11) is 0. The maximum atomic E-state index is 12.8. The van der Waals surface area contributed by atoms with Crippen molar-refractivity contribution in [1.29, 1.82) is 0 Å². The lowest BCUT2D eigenvalue weighted by molar-refractivity contribution is -0.128. The summed E-state index contributed by atoms with van der Waals surface area (Å²) in [4.78, 5) is 12.8. The summed E-state index contributed by atoms with van der Waals surface area (Å²) in [5.41, 5.74) is 0.369. The lowest BCUT2D eigenvalue weighted by Crippen LogP contribution is -2.44. The van der Waals surface area contributed by atoms with Crippen molar-refractivity contribution in [3.05, 3.63) is 24.3 Å². The second-order valence-corrected chi connectivity index (χ2v) is 6.41. The molecule has 1 aliphatic heterocycles. The maximum Gasteiger partial charge on any atom is 0.272 e. The van der Waals surface area contributed by atoms with Gasteiger partial charge in [-0.15, -0.1) is 12.4 Å². The predicted octanol–water partition coefficient (Wildman–Crippen LogP) is 3.47. The third-order valence-electron chi connectivity index (χ3n) is 4.98. The van der Waals surface area contributed by atoms with Crippen LogP contribution in [0.15, 0.2) is 24.3 Å². The molecule has 2 fully saturated rings. The van der Waals surface area contributed by atoms with Gasteiger partial charge in [-0.25, -0.2) is 8.78 Å². The van der Waals surface area contributed by atoms with Crippen molar-refractivity contribution < 1.29 is 18.3 Å². The summed E-state index contributed by atoms with van der Waals surface area (Å²) in [5.74, 6) is 0.845. The molecule has 24 heavy (non-hydrogen) atoms. The fourth-order valence-electron chi connectivity index (χ4n) is 3.74. The molecule has 0 bridgehead atoms. The van der Waals surface area contributed by atoms with Crippen molar-refractivity contribution in [1.82, 2.24) is 5.32 Å². The maximum absolute atomic E-state index is 12.8. The molecule has 1 aromatic rings. The number of benzene rings is 1. The molecule has 1 saturated carbocycles. The second-order valence-electron chi connectivity index (χ2n) is 6.41. The number of alkyl halides is 2. The summed E-state index contributed by atoms with van der Waals surface area (Å²) < 4.78 is 29.2. The van der Waals surface area contributed by atoms with Gasteiger partial charge in [0.1, 0.15) is 12.4 Å². The lowest BCUT2D eigenvalue weighted by atomic mass is 9.67. The quantitative estimate of drug-likeness (QED) is 0.845. The van der Waals surface area contributed by atoms with E-state index in [4.69, 9.17) is 4.74 Å². The summed E-state index contributed by atoms with van der Waals surface area (Å²) >= 11 is 0. The van der Waals surface area contributed by atoms with Gasteiger partial charge in [-0.1, -0.05) is 12.8 Å². The number of amides is 1. The molecule has 1 amide bonds. The standard InChI is InChI=1S/C17H22F2N2O2.ClH/c18-15(19)10-23-14-6-4-13(5-7-14)21-16(22)17-8-2-1-3-12(17)9-20-11-17;/h4-7,12,15,20H,1-3,8-11H2,(H,21,22);1H/t12-,17+;/m0./s1. The fraction of sp³-hybridized carbons (Fsp3) is 0.588. The Hall–Kier alpha value is -1.40. The number of halogens is 3. The molecule has 2 aliphatic rings. The number of hydrogen-bond acceptors (Lipinski definition) is 3.